The van der Waals surface area contributed by atoms with Gasteiger partial charge in [0.15, 0.2) is 0 Å². The lowest BCUT2D eigenvalue weighted by atomic mass is 10.7. The van der Waals surface area contributed by atoms with Gasteiger partial charge in [-0.3, -0.25) is 0 Å². The molecule has 1 nitrogen and oxygen atoms in total. The Morgan fingerprint density at radius 3 is 2.62 bits per heavy atom. The lowest BCUT2D eigenvalue weighted by molar-refractivity contribution is 1.54. The Hall–Kier alpha value is 1.47. The summed E-state index contributed by atoms with van der Waals surface area (Å²) >= 11 is 6.36. The van der Waals surface area contributed by atoms with E-state index in [0.717, 1.165) is 0 Å². The van der Waals surface area contributed by atoms with Gasteiger partial charge < -0.3 is 0 Å². The molecule has 0 N–H and O–H groups in total. The van der Waals surface area contributed by atoms with Crippen molar-refractivity contribution in [2.45, 2.75) is 0 Å². The fourth-order valence-electron chi connectivity index (χ4n) is 0.107. The summed E-state index contributed by atoms with van der Waals surface area (Å²) in [5, 5.41) is 9.86. The first-order chi connectivity index (χ1) is 3.77. The lowest BCUT2D eigenvalue weighted by Crippen LogP contribution is -1.38. The molecule has 0 aliphatic heterocycles. The van der Waals surface area contributed by atoms with E-state index in [1.807, 2.05) is 11.5 Å². The van der Waals surface area contributed by atoms with Crippen molar-refractivity contribution in [3.8, 4) is 6.07 Å². The molecule has 0 heterocycles. The third kappa shape index (κ3) is 7.47. The summed E-state index contributed by atoms with van der Waals surface area (Å²) in [5.74, 6) is 0. The molecule has 0 aromatic heterocycles. The van der Waals surface area contributed by atoms with Gasteiger partial charge >= 0.3 is 0 Å². The first kappa shape index (κ1) is 9.47. The summed E-state index contributed by atoms with van der Waals surface area (Å²) in [6.07, 6.45) is 1.50. The van der Waals surface area contributed by atoms with Crippen LogP contribution < -0.4 is 0 Å². The van der Waals surface area contributed by atoms with E-state index >= 15 is 0 Å². The predicted octanol–water partition coefficient (Wildman–Crippen LogP) is 3.85. The summed E-state index contributed by atoms with van der Waals surface area (Å²) in [7, 11) is 0. The van der Waals surface area contributed by atoms with Crippen molar-refractivity contribution in [3.05, 3.63) is 11.5 Å². The molecule has 0 unspecified atom stereocenters. The van der Waals surface area contributed by atoms with Crippen LogP contribution in [-0.4, -0.2) is 0 Å². The summed E-state index contributed by atoms with van der Waals surface area (Å²) in [6.45, 7) is 0. The molecule has 0 amide bonds. The van der Waals surface area contributed by atoms with Crippen LogP contribution in [0.15, 0.2) is 11.5 Å². The van der Waals surface area contributed by atoms with Crippen LogP contribution >= 0.6 is 57.9 Å². The van der Waals surface area contributed by atoms with Crippen molar-refractivity contribution in [2.24, 2.45) is 0 Å². The number of hydrogen-bond donors (Lipinski definition) is 0. The Kier molecular flexibility index (Phi) is 7.80. The van der Waals surface area contributed by atoms with Gasteiger partial charge in [0.2, 0.25) is 0 Å². The maximum Gasteiger partial charge on any atom is 0.0917 e. The summed E-state index contributed by atoms with van der Waals surface area (Å²) < 4.78 is 0.00668. The van der Waals surface area contributed by atoms with Gasteiger partial charge in [0, 0.05) is 6.08 Å². The zero-order valence-corrected chi connectivity index (χ0v) is 9.74. The van der Waals surface area contributed by atoms with Crippen LogP contribution in [0.2, 0.25) is 0 Å². The molecular weight excluding hydrogens is 367 g/mol. The minimum Gasteiger partial charge on any atom is -0.193 e. The average Bonchev–Trinajstić information content (AvgIpc) is 1.66. The van der Waals surface area contributed by atoms with Crippen molar-refractivity contribution in [1.82, 2.24) is 0 Å². The minimum absolute atomic E-state index is 0.00668. The number of allylic oxidation sites excluding steroid dienone is 1. The van der Waals surface area contributed by atoms with Gasteiger partial charge in [-0.05, 0) is 49.5 Å². The second-order valence-corrected chi connectivity index (χ2v) is 18.6. The number of nitrogens with zero attached hydrogens (tertiary/aromatic N) is 1. The normalized spacial score (nSPS) is 10.2. The molecule has 0 aromatic carbocycles. The standard InChI is InChI=1S/C3H2I2NPS/c4-7(5)8-3-1-2-6/h1,3H/b3-1+. The first-order valence-electron chi connectivity index (χ1n) is 1.60. The Labute approximate surface area is 79.8 Å². The number of hydrogen-bond acceptors (Lipinski definition) is 2. The predicted molar refractivity (Wildman–Crippen MR) is 57.3 cm³/mol. The SMILES string of the molecule is N#C/C=C/SP(I)I. The van der Waals surface area contributed by atoms with Crippen LogP contribution in [0.1, 0.15) is 0 Å². The molecular formula is C3H2I2NPS. The Balaban J connectivity index is 3.19. The monoisotopic (exact) mass is 369 g/mol. The highest BCUT2D eigenvalue weighted by Crippen LogP contribution is 2.65. The molecule has 8 heavy (non-hydrogen) atoms. The quantitative estimate of drug-likeness (QED) is 0.420. The fraction of sp³-hybridized carbons (Fsp3) is 0. The topological polar surface area (TPSA) is 23.8 Å². The molecule has 0 aromatic rings. The van der Waals surface area contributed by atoms with Crippen LogP contribution in [-0.2, 0) is 0 Å². The van der Waals surface area contributed by atoms with E-state index in [-0.39, 0.29) is 2.41 Å². The van der Waals surface area contributed by atoms with Gasteiger partial charge in [-0.15, -0.1) is 0 Å². The molecule has 0 aliphatic carbocycles. The highest BCUT2D eigenvalue weighted by molar-refractivity contribution is 14.3. The lowest BCUT2D eigenvalue weighted by Gasteiger charge is -1.88. The maximum atomic E-state index is 8.03. The van der Waals surface area contributed by atoms with Crippen LogP contribution in [0.5, 0.6) is 0 Å². The zero-order chi connectivity index (χ0) is 6.41. The van der Waals surface area contributed by atoms with E-state index in [1.165, 1.54) is 6.08 Å². The molecule has 0 bridgehead atoms. The third-order valence-corrected chi connectivity index (χ3v) is 5.64. The highest BCUT2D eigenvalue weighted by atomic mass is 127. The molecule has 44 valence electrons. The van der Waals surface area contributed by atoms with Crippen LogP contribution in [0, 0.1) is 11.3 Å². The van der Waals surface area contributed by atoms with Crippen molar-refractivity contribution in [3.63, 3.8) is 0 Å². The molecule has 0 spiro atoms. The van der Waals surface area contributed by atoms with Gasteiger partial charge in [-0.2, -0.15) is 5.26 Å². The van der Waals surface area contributed by atoms with Crippen molar-refractivity contribution in [2.75, 3.05) is 0 Å². The van der Waals surface area contributed by atoms with Crippen LogP contribution in [0.3, 0.4) is 0 Å². The molecule has 0 saturated carbocycles. The van der Waals surface area contributed by atoms with E-state index in [4.69, 9.17) is 5.26 Å². The first-order valence-corrected chi connectivity index (χ1v) is 10.00. The molecule has 0 saturated heterocycles. The fourth-order valence-corrected chi connectivity index (χ4v) is 3.14. The second kappa shape index (κ2) is 6.59. The van der Waals surface area contributed by atoms with E-state index in [1.54, 1.807) is 11.4 Å². The van der Waals surface area contributed by atoms with Gasteiger partial charge in [-0.25, -0.2) is 0 Å². The van der Waals surface area contributed by atoms with Gasteiger partial charge in [-0.1, -0.05) is 11.4 Å². The molecule has 0 fully saturated rings. The van der Waals surface area contributed by atoms with E-state index in [9.17, 15) is 0 Å². The number of nitriles is 1. The number of halogens is 2. The summed E-state index contributed by atoms with van der Waals surface area (Å²) in [6, 6.07) is 1.93. The van der Waals surface area contributed by atoms with E-state index in [2.05, 4.69) is 44.1 Å². The van der Waals surface area contributed by atoms with Crippen molar-refractivity contribution >= 4 is 57.9 Å². The third-order valence-electron chi connectivity index (χ3n) is 0.283. The number of rotatable bonds is 2. The highest BCUT2D eigenvalue weighted by Gasteiger charge is 1.89. The van der Waals surface area contributed by atoms with Gasteiger partial charge in [0.25, 0.3) is 0 Å². The van der Waals surface area contributed by atoms with E-state index < -0.39 is 0 Å². The zero-order valence-electron chi connectivity index (χ0n) is 3.71. The average molecular weight is 369 g/mol. The summed E-state index contributed by atoms with van der Waals surface area (Å²) in [4.78, 5) is 0. The van der Waals surface area contributed by atoms with Gasteiger partial charge in [0.05, 0.1) is 8.48 Å². The van der Waals surface area contributed by atoms with Crippen molar-refractivity contribution in [1.29, 1.82) is 5.26 Å². The smallest absolute Gasteiger partial charge is 0.0917 e. The molecule has 5 heteroatoms. The largest absolute Gasteiger partial charge is 0.193 e. The maximum absolute atomic E-state index is 8.03. The summed E-state index contributed by atoms with van der Waals surface area (Å²) in [5.41, 5.74) is 0. The molecule has 0 aliphatic rings. The Morgan fingerprint density at radius 2 is 2.25 bits per heavy atom. The second-order valence-electron chi connectivity index (χ2n) is 0.739. The van der Waals surface area contributed by atoms with Crippen molar-refractivity contribution < 1.29 is 0 Å². The Bertz CT molecular complexity index is 119. The van der Waals surface area contributed by atoms with Crippen LogP contribution in [0.4, 0.5) is 0 Å². The van der Waals surface area contributed by atoms with Gasteiger partial charge in [0.1, 0.15) is 0 Å². The minimum atomic E-state index is 0.00668. The Morgan fingerprint density at radius 1 is 1.62 bits per heavy atom. The molecule has 0 atom stereocenters. The molecule has 0 rings (SSSR count). The molecule has 0 radical (unpaired) electrons. The van der Waals surface area contributed by atoms with Crippen LogP contribution in [0.25, 0.3) is 0 Å². The van der Waals surface area contributed by atoms with E-state index in [0.29, 0.717) is 0 Å².